The number of methoxy groups -OCH3 is 1. The molecule has 0 spiro atoms. The molecule has 2 saturated heterocycles. The Hall–Kier alpha value is -3.83. The first-order chi connectivity index (χ1) is 21.9. The molecule has 2 fully saturated rings. The Kier molecular flexibility index (Phi) is 11.2. The van der Waals surface area contributed by atoms with E-state index >= 15 is 0 Å². The number of nitrogens with zero attached hydrogens (tertiary/aromatic N) is 2. The number of rotatable bonds is 3. The van der Waals surface area contributed by atoms with Gasteiger partial charge in [0, 0.05) is 57.3 Å². The van der Waals surface area contributed by atoms with Gasteiger partial charge in [0.2, 0.25) is 11.8 Å². The van der Waals surface area contributed by atoms with Gasteiger partial charge in [0.15, 0.2) is 11.5 Å². The summed E-state index contributed by atoms with van der Waals surface area (Å²) in [5, 5.41) is 6.33. The molecule has 3 heterocycles. The number of nitrogens with one attached hydrogen (secondary N) is 2. The fraction of sp³-hybridized carbons (Fsp3) is 0.515. The Morgan fingerprint density at radius 3 is 2.51 bits per heavy atom. The van der Waals surface area contributed by atoms with Crippen LogP contribution in [0.2, 0.25) is 5.02 Å². The van der Waals surface area contributed by atoms with Gasteiger partial charge in [-0.05, 0) is 62.4 Å². The van der Waals surface area contributed by atoms with Crippen LogP contribution in [0.3, 0.4) is 0 Å². The van der Waals surface area contributed by atoms with Crippen LogP contribution in [-0.4, -0.2) is 98.6 Å². The molecule has 242 valence electrons. The fourth-order valence-corrected chi connectivity index (χ4v) is 6.31. The first kappa shape index (κ1) is 32.6. The molecule has 0 aliphatic carbocycles. The number of ether oxygens (including phenoxy) is 3. The van der Waals surface area contributed by atoms with Crippen LogP contribution < -0.4 is 20.1 Å². The van der Waals surface area contributed by atoms with Gasteiger partial charge in [-0.15, -0.1) is 0 Å². The minimum Gasteiger partial charge on any atom is -0.493 e. The van der Waals surface area contributed by atoms with Crippen molar-refractivity contribution in [1.29, 1.82) is 0 Å². The maximum absolute atomic E-state index is 13.6. The van der Waals surface area contributed by atoms with E-state index in [-0.39, 0.29) is 36.1 Å². The van der Waals surface area contributed by atoms with Crippen molar-refractivity contribution < 1.29 is 33.4 Å². The van der Waals surface area contributed by atoms with Crippen molar-refractivity contribution in [3.63, 3.8) is 0 Å². The zero-order valence-corrected chi connectivity index (χ0v) is 26.4. The topological polar surface area (TPSA) is 127 Å². The van der Waals surface area contributed by atoms with Crippen LogP contribution in [0.1, 0.15) is 59.2 Å². The van der Waals surface area contributed by atoms with E-state index in [0.717, 1.165) is 0 Å². The number of hydrogen-bond acceptors (Lipinski definition) is 7. The second-order valence-corrected chi connectivity index (χ2v) is 12.0. The lowest BCUT2D eigenvalue weighted by molar-refractivity contribution is -0.144. The molecule has 2 aromatic rings. The maximum Gasteiger partial charge on any atom is 0.255 e. The van der Waals surface area contributed by atoms with E-state index in [0.29, 0.717) is 106 Å². The molecule has 2 atom stereocenters. The summed E-state index contributed by atoms with van der Waals surface area (Å²) >= 11 is 6.33. The normalized spacial score (nSPS) is 22.3. The van der Waals surface area contributed by atoms with Gasteiger partial charge in [-0.1, -0.05) is 23.7 Å². The van der Waals surface area contributed by atoms with E-state index < -0.39 is 12.1 Å². The Morgan fingerprint density at radius 1 is 0.978 bits per heavy atom. The third-order valence-electron chi connectivity index (χ3n) is 8.57. The van der Waals surface area contributed by atoms with Crippen LogP contribution >= 0.6 is 11.6 Å². The summed E-state index contributed by atoms with van der Waals surface area (Å²) in [6.45, 7) is 2.92. The standard InChI is InChI=1S/C33H41ClN4O7/c1-43-28-10-9-23-19-29(28)45-24-20-27(38(21-24)32(41)22-11-17-44-18-12-22)31(40)36-13-4-5-15-37(16-6-14-35-30(23)39)33(42)25-7-2-3-8-26(25)34/h2-3,7-10,19,22,24,27H,4-6,11-18,20-21H2,1H3,(H,35,39)(H,36,40)/t24-,27-/m0/s1. The van der Waals surface area contributed by atoms with E-state index in [1.165, 1.54) is 7.11 Å². The number of carbonyl (C=O) groups excluding carboxylic acids is 4. The van der Waals surface area contributed by atoms with Gasteiger partial charge in [0.05, 0.1) is 24.2 Å². The predicted molar refractivity (Wildman–Crippen MR) is 168 cm³/mol. The lowest BCUT2D eigenvalue weighted by atomic mass is 9.98. The first-order valence-electron chi connectivity index (χ1n) is 15.7. The van der Waals surface area contributed by atoms with Gasteiger partial charge in [0.1, 0.15) is 12.1 Å². The third kappa shape index (κ3) is 8.07. The summed E-state index contributed by atoms with van der Waals surface area (Å²) in [5.74, 6) is -0.168. The van der Waals surface area contributed by atoms with Crippen molar-refractivity contribution in [3.05, 3.63) is 58.6 Å². The molecule has 11 nitrogen and oxygen atoms in total. The molecule has 12 heteroatoms. The molecular weight excluding hydrogens is 600 g/mol. The Balaban J connectivity index is 1.37. The highest BCUT2D eigenvalue weighted by molar-refractivity contribution is 6.33. The lowest BCUT2D eigenvalue weighted by Gasteiger charge is -2.30. The predicted octanol–water partition coefficient (Wildman–Crippen LogP) is 3.30. The number of hydrogen-bond donors (Lipinski definition) is 2. The Labute approximate surface area is 268 Å². The van der Waals surface area contributed by atoms with Crippen LogP contribution in [0.5, 0.6) is 11.5 Å². The van der Waals surface area contributed by atoms with E-state index in [1.807, 2.05) is 0 Å². The molecule has 3 aliphatic heterocycles. The summed E-state index contributed by atoms with van der Waals surface area (Å²) in [4.78, 5) is 57.0. The van der Waals surface area contributed by atoms with Crippen molar-refractivity contribution in [2.45, 2.75) is 50.7 Å². The Bertz CT molecular complexity index is 1380. The molecule has 5 rings (SSSR count). The van der Waals surface area contributed by atoms with Crippen LogP contribution in [0.15, 0.2) is 42.5 Å². The SMILES string of the molecule is COc1ccc2cc1O[C@H]1C[C@@H](C(=O)NCCCCN(C(=O)c3ccccc3Cl)CCCNC2=O)N(C(=O)C2CCOCC2)C1. The molecule has 0 saturated carbocycles. The second kappa shape index (κ2) is 15.4. The first-order valence-corrected chi connectivity index (χ1v) is 16.1. The molecule has 4 amide bonds. The van der Waals surface area contributed by atoms with Gasteiger partial charge in [-0.3, -0.25) is 19.2 Å². The molecular formula is C33H41ClN4O7. The zero-order valence-electron chi connectivity index (χ0n) is 25.6. The van der Waals surface area contributed by atoms with Gasteiger partial charge in [-0.25, -0.2) is 0 Å². The van der Waals surface area contributed by atoms with Crippen molar-refractivity contribution in [3.8, 4) is 11.5 Å². The van der Waals surface area contributed by atoms with Crippen molar-refractivity contribution in [2.24, 2.45) is 5.92 Å². The van der Waals surface area contributed by atoms with Crippen LogP contribution in [0.25, 0.3) is 0 Å². The summed E-state index contributed by atoms with van der Waals surface area (Å²) in [6, 6.07) is 11.2. The van der Waals surface area contributed by atoms with Crippen LogP contribution in [0.4, 0.5) is 0 Å². The molecule has 0 aromatic heterocycles. The average Bonchev–Trinajstić information content (AvgIpc) is 3.48. The summed E-state index contributed by atoms with van der Waals surface area (Å²) in [6.07, 6.45) is 2.89. The largest absolute Gasteiger partial charge is 0.493 e. The van der Waals surface area contributed by atoms with E-state index in [4.69, 9.17) is 25.8 Å². The number of likely N-dealkylation sites (tertiary alicyclic amines) is 1. The minimum absolute atomic E-state index is 0.0690. The fourth-order valence-electron chi connectivity index (χ4n) is 6.09. The van der Waals surface area contributed by atoms with Crippen LogP contribution in [0, 0.1) is 5.92 Å². The van der Waals surface area contributed by atoms with Gasteiger partial charge >= 0.3 is 0 Å². The smallest absolute Gasteiger partial charge is 0.255 e. The van der Waals surface area contributed by atoms with Crippen molar-refractivity contribution >= 4 is 35.2 Å². The number of halogens is 1. The van der Waals surface area contributed by atoms with Gasteiger partial charge in [0.25, 0.3) is 11.8 Å². The monoisotopic (exact) mass is 640 g/mol. The number of fused-ring (bicyclic) bond motifs is 4. The average molecular weight is 641 g/mol. The highest BCUT2D eigenvalue weighted by Gasteiger charge is 2.43. The van der Waals surface area contributed by atoms with Crippen molar-refractivity contribution in [1.82, 2.24) is 20.4 Å². The Morgan fingerprint density at radius 2 is 1.73 bits per heavy atom. The lowest BCUT2D eigenvalue weighted by Crippen LogP contribution is -2.48. The summed E-state index contributed by atoms with van der Waals surface area (Å²) in [7, 11) is 1.52. The van der Waals surface area contributed by atoms with E-state index in [1.54, 1.807) is 52.3 Å². The number of amides is 4. The summed E-state index contributed by atoms with van der Waals surface area (Å²) in [5.41, 5.74) is 0.806. The van der Waals surface area contributed by atoms with Gasteiger partial charge in [-0.2, -0.15) is 0 Å². The van der Waals surface area contributed by atoms with E-state index in [9.17, 15) is 19.2 Å². The molecule has 3 aliphatic rings. The highest BCUT2D eigenvalue weighted by Crippen LogP contribution is 2.33. The minimum atomic E-state index is -0.691. The molecule has 45 heavy (non-hydrogen) atoms. The summed E-state index contributed by atoms with van der Waals surface area (Å²) < 4.78 is 17.3. The second-order valence-electron chi connectivity index (χ2n) is 11.6. The molecule has 4 bridgehead atoms. The molecule has 0 radical (unpaired) electrons. The van der Waals surface area contributed by atoms with Gasteiger partial charge < -0.3 is 34.6 Å². The number of benzene rings is 2. The zero-order chi connectivity index (χ0) is 31.8. The van der Waals surface area contributed by atoms with Crippen molar-refractivity contribution in [2.75, 3.05) is 53.0 Å². The maximum atomic E-state index is 13.6. The molecule has 2 aromatic carbocycles. The third-order valence-corrected chi connectivity index (χ3v) is 8.90. The highest BCUT2D eigenvalue weighted by atomic mass is 35.5. The quantitative estimate of drug-likeness (QED) is 0.527. The van der Waals surface area contributed by atoms with E-state index in [2.05, 4.69) is 10.6 Å². The molecule has 0 unspecified atom stereocenters. The van der Waals surface area contributed by atoms with Crippen LogP contribution in [-0.2, 0) is 14.3 Å². The number of carbonyl (C=O) groups is 4. The molecule has 2 N–H and O–H groups in total.